The number of non-ortho nitro benzene ring substituents is 1. The van der Waals surface area contributed by atoms with Crippen LogP contribution in [0.4, 0.5) is 5.69 Å². The number of aliphatic hydroxyl groups excluding tert-OH is 1. The minimum absolute atomic E-state index is 0.00686. The number of benzene rings is 1. The fraction of sp³-hybridized carbons (Fsp3) is 0.375. The van der Waals surface area contributed by atoms with E-state index in [-0.39, 0.29) is 23.8 Å². The molecule has 0 aliphatic carbocycles. The number of nitrogens with one attached hydrogen (secondary N) is 1. The van der Waals surface area contributed by atoms with Crippen LogP contribution in [0.1, 0.15) is 30.8 Å². The van der Waals surface area contributed by atoms with E-state index in [0.29, 0.717) is 22.9 Å². The first-order valence-electron chi connectivity index (χ1n) is 7.53. The van der Waals surface area contributed by atoms with Gasteiger partial charge in [-0.1, -0.05) is 13.8 Å². The molecule has 2 rings (SSSR count). The van der Waals surface area contributed by atoms with Crippen LogP contribution in [0, 0.1) is 16.0 Å². The first kappa shape index (κ1) is 18.0. The van der Waals surface area contributed by atoms with E-state index < -0.39 is 11.0 Å². The molecule has 2 aromatic rings. The molecule has 0 saturated carbocycles. The molecular weight excluding hydrogens is 330 g/mol. The number of rotatable bonds is 7. The Hall–Kier alpha value is -2.32. The molecule has 1 aromatic carbocycles. The highest BCUT2D eigenvalue weighted by Gasteiger charge is 2.14. The Labute approximate surface area is 143 Å². The number of amides is 1. The first-order chi connectivity index (χ1) is 11.4. The average Bonchev–Trinajstić information content (AvgIpc) is 3.02. The van der Waals surface area contributed by atoms with Crippen LogP contribution in [0.2, 0.25) is 0 Å². The van der Waals surface area contributed by atoms with Crippen molar-refractivity contribution in [3.8, 4) is 10.6 Å². The van der Waals surface area contributed by atoms with Crippen LogP contribution in [0.5, 0.6) is 0 Å². The summed E-state index contributed by atoms with van der Waals surface area (Å²) in [7, 11) is 0. The highest BCUT2D eigenvalue weighted by molar-refractivity contribution is 7.13. The predicted molar refractivity (Wildman–Crippen MR) is 92.0 cm³/mol. The molecule has 0 aliphatic heterocycles. The van der Waals surface area contributed by atoms with Gasteiger partial charge in [-0.15, -0.1) is 11.3 Å². The van der Waals surface area contributed by atoms with E-state index in [4.69, 9.17) is 0 Å². The van der Waals surface area contributed by atoms with E-state index in [1.807, 2.05) is 13.8 Å². The number of hydrogen-bond donors (Lipinski definition) is 2. The smallest absolute Gasteiger partial charge is 0.270 e. The second-order valence-electron chi connectivity index (χ2n) is 5.84. The Morgan fingerprint density at radius 3 is 2.62 bits per heavy atom. The summed E-state index contributed by atoms with van der Waals surface area (Å²) in [6, 6.07) is 6.01. The molecule has 0 aliphatic rings. The molecule has 0 radical (unpaired) electrons. The van der Waals surface area contributed by atoms with Crippen LogP contribution in [-0.4, -0.2) is 33.6 Å². The van der Waals surface area contributed by atoms with Crippen LogP contribution in [-0.2, 0) is 0 Å². The predicted octanol–water partition coefficient (Wildman–Crippen LogP) is 2.86. The average molecular weight is 349 g/mol. The van der Waals surface area contributed by atoms with Gasteiger partial charge in [0.25, 0.3) is 11.6 Å². The molecule has 2 N–H and O–H groups in total. The van der Waals surface area contributed by atoms with Gasteiger partial charge in [-0.3, -0.25) is 14.9 Å². The SMILES string of the molecule is CC(C)CC(O)CNC(=O)c1csc(-c2ccc([N+](=O)[O-])cc2)n1. The topological polar surface area (TPSA) is 105 Å². The minimum Gasteiger partial charge on any atom is -0.391 e. The zero-order chi connectivity index (χ0) is 17.7. The Kier molecular flexibility index (Phi) is 5.99. The van der Waals surface area contributed by atoms with Crippen LogP contribution in [0.25, 0.3) is 10.6 Å². The highest BCUT2D eigenvalue weighted by Crippen LogP contribution is 2.25. The summed E-state index contributed by atoms with van der Waals surface area (Å²) in [5.74, 6) is 0.00660. The van der Waals surface area contributed by atoms with Gasteiger partial charge >= 0.3 is 0 Å². The lowest BCUT2D eigenvalue weighted by Crippen LogP contribution is -2.32. The molecule has 1 amide bonds. The van der Waals surface area contributed by atoms with E-state index >= 15 is 0 Å². The molecule has 1 aromatic heterocycles. The molecule has 0 spiro atoms. The van der Waals surface area contributed by atoms with Gasteiger partial charge in [0.1, 0.15) is 10.7 Å². The van der Waals surface area contributed by atoms with Crippen LogP contribution >= 0.6 is 11.3 Å². The van der Waals surface area contributed by atoms with Gasteiger partial charge < -0.3 is 10.4 Å². The van der Waals surface area contributed by atoms with Gasteiger partial charge in [0, 0.05) is 29.6 Å². The van der Waals surface area contributed by atoms with Crippen LogP contribution in [0.3, 0.4) is 0 Å². The third-order valence-corrected chi connectivity index (χ3v) is 4.19. The van der Waals surface area contributed by atoms with Gasteiger partial charge in [-0.05, 0) is 24.5 Å². The van der Waals surface area contributed by atoms with Crippen molar-refractivity contribution in [1.82, 2.24) is 10.3 Å². The third-order valence-electron chi connectivity index (χ3n) is 3.30. The van der Waals surface area contributed by atoms with Crippen molar-refractivity contribution in [3.63, 3.8) is 0 Å². The van der Waals surface area contributed by atoms with Gasteiger partial charge in [0.15, 0.2) is 0 Å². The largest absolute Gasteiger partial charge is 0.391 e. The third kappa shape index (κ3) is 4.84. The van der Waals surface area contributed by atoms with E-state index in [1.54, 1.807) is 17.5 Å². The maximum absolute atomic E-state index is 12.1. The Morgan fingerprint density at radius 2 is 2.04 bits per heavy atom. The number of aliphatic hydroxyl groups is 1. The van der Waals surface area contributed by atoms with Gasteiger partial charge in [0.05, 0.1) is 11.0 Å². The van der Waals surface area contributed by atoms with Crippen LogP contribution < -0.4 is 5.32 Å². The maximum atomic E-state index is 12.1. The zero-order valence-electron chi connectivity index (χ0n) is 13.4. The quantitative estimate of drug-likeness (QED) is 0.590. The van der Waals surface area contributed by atoms with Crippen molar-refractivity contribution >= 4 is 22.9 Å². The lowest BCUT2D eigenvalue weighted by molar-refractivity contribution is -0.384. The first-order valence-corrected chi connectivity index (χ1v) is 8.41. The molecule has 128 valence electrons. The van der Waals surface area contributed by atoms with Crippen LogP contribution in [0.15, 0.2) is 29.6 Å². The van der Waals surface area contributed by atoms with Gasteiger partial charge in [0.2, 0.25) is 0 Å². The Balaban J connectivity index is 1.99. The van der Waals surface area contributed by atoms with Crippen molar-refractivity contribution in [1.29, 1.82) is 0 Å². The summed E-state index contributed by atoms with van der Waals surface area (Å²) in [4.78, 5) is 26.5. The molecule has 8 heteroatoms. The van der Waals surface area contributed by atoms with Crippen molar-refractivity contribution in [2.75, 3.05) is 6.54 Å². The van der Waals surface area contributed by atoms with Gasteiger partial charge in [-0.25, -0.2) is 4.98 Å². The zero-order valence-corrected chi connectivity index (χ0v) is 14.2. The summed E-state index contributed by atoms with van der Waals surface area (Å²) in [6.07, 6.45) is 0.0347. The molecule has 0 fully saturated rings. The summed E-state index contributed by atoms with van der Waals surface area (Å²) < 4.78 is 0. The molecular formula is C16H19N3O4S. The second kappa shape index (κ2) is 7.98. The summed E-state index contributed by atoms with van der Waals surface area (Å²) in [5, 5.41) is 25.3. The Bertz CT molecular complexity index is 712. The number of aromatic nitrogens is 1. The fourth-order valence-corrected chi connectivity index (χ4v) is 2.97. The Morgan fingerprint density at radius 1 is 1.38 bits per heavy atom. The van der Waals surface area contributed by atoms with E-state index in [2.05, 4.69) is 10.3 Å². The highest BCUT2D eigenvalue weighted by atomic mass is 32.1. The van der Waals surface area contributed by atoms with E-state index in [9.17, 15) is 20.0 Å². The summed E-state index contributed by atoms with van der Waals surface area (Å²) in [5.41, 5.74) is 0.988. The number of nitro benzene ring substituents is 1. The molecule has 0 saturated heterocycles. The van der Waals surface area contributed by atoms with Crippen molar-refractivity contribution in [2.24, 2.45) is 5.92 Å². The summed E-state index contributed by atoms with van der Waals surface area (Å²) >= 11 is 1.29. The fourth-order valence-electron chi connectivity index (χ4n) is 2.16. The standard InChI is InChI=1S/C16H19N3O4S/c1-10(2)7-13(20)8-17-15(21)14-9-24-16(18-14)11-3-5-12(6-4-11)19(22)23/h3-6,9-10,13,20H,7-8H2,1-2H3,(H,17,21). The van der Waals surface area contributed by atoms with Crippen molar-refractivity contribution in [2.45, 2.75) is 26.4 Å². The van der Waals surface area contributed by atoms with E-state index in [0.717, 1.165) is 0 Å². The van der Waals surface area contributed by atoms with Crippen molar-refractivity contribution in [3.05, 3.63) is 45.5 Å². The number of nitro groups is 1. The molecule has 24 heavy (non-hydrogen) atoms. The maximum Gasteiger partial charge on any atom is 0.270 e. The van der Waals surface area contributed by atoms with E-state index in [1.165, 1.54) is 23.5 Å². The monoisotopic (exact) mass is 349 g/mol. The number of thiazole rings is 1. The molecule has 7 nitrogen and oxygen atoms in total. The number of carbonyl (C=O) groups excluding carboxylic acids is 1. The summed E-state index contributed by atoms with van der Waals surface area (Å²) in [6.45, 7) is 4.19. The van der Waals surface area contributed by atoms with Crippen molar-refractivity contribution < 1.29 is 14.8 Å². The second-order valence-corrected chi connectivity index (χ2v) is 6.69. The lowest BCUT2D eigenvalue weighted by atomic mass is 10.1. The molecule has 1 unspecified atom stereocenters. The number of carbonyl (C=O) groups is 1. The number of nitrogens with zero attached hydrogens (tertiary/aromatic N) is 2. The minimum atomic E-state index is -0.582. The number of hydrogen-bond acceptors (Lipinski definition) is 6. The normalized spacial score (nSPS) is 12.2. The molecule has 1 heterocycles. The molecule has 0 bridgehead atoms. The van der Waals surface area contributed by atoms with Gasteiger partial charge in [-0.2, -0.15) is 0 Å². The lowest BCUT2D eigenvalue weighted by Gasteiger charge is -2.13. The molecule has 1 atom stereocenters.